The average Bonchev–Trinajstić information content (AvgIpc) is 2.84. The number of pyridine rings is 1. The molecule has 0 aliphatic carbocycles. The summed E-state index contributed by atoms with van der Waals surface area (Å²) in [6.07, 6.45) is 0.217. The number of hydrogen-bond acceptors (Lipinski definition) is 6. The van der Waals surface area contributed by atoms with Crippen molar-refractivity contribution in [1.82, 2.24) is 9.97 Å². The van der Waals surface area contributed by atoms with Gasteiger partial charge in [-0.25, -0.2) is 4.98 Å². The second kappa shape index (κ2) is 7.00. The van der Waals surface area contributed by atoms with Gasteiger partial charge in [0.2, 0.25) is 0 Å². The standard InChI is InChI=1S/C14H17N3O2S/c1-3-19-13(18)7-12-9-20-14(17-12)15-8-11-6-4-5-10(2)16-11/h4-6,9H,3,7-8H2,1-2H3,(H,15,17). The molecule has 5 nitrogen and oxygen atoms in total. The van der Waals surface area contributed by atoms with E-state index in [9.17, 15) is 4.79 Å². The molecule has 2 aromatic heterocycles. The zero-order valence-corrected chi connectivity index (χ0v) is 12.4. The molecule has 1 N–H and O–H groups in total. The van der Waals surface area contributed by atoms with Crippen LogP contribution in [0.1, 0.15) is 24.0 Å². The number of rotatable bonds is 6. The van der Waals surface area contributed by atoms with Gasteiger partial charge in [-0.3, -0.25) is 9.78 Å². The van der Waals surface area contributed by atoms with Crippen molar-refractivity contribution in [2.24, 2.45) is 0 Å². The number of nitrogens with zero attached hydrogens (tertiary/aromatic N) is 2. The Bertz CT molecular complexity index is 583. The molecule has 0 saturated heterocycles. The highest BCUT2D eigenvalue weighted by Crippen LogP contribution is 2.16. The van der Waals surface area contributed by atoms with Crippen molar-refractivity contribution in [1.29, 1.82) is 0 Å². The minimum Gasteiger partial charge on any atom is -0.466 e. The first-order chi connectivity index (χ1) is 9.67. The van der Waals surface area contributed by atoms with E-state index in [-0.39, 0.29) is 12.4 Å². The maximum atomic E-state index is 11.4. The molecule has 0 aromatic carbocycles. The van der Waals surface area contributed by atoms with Crippen LogP contribution in [0.15, 0.2) is 23.6 Å². The smallest absolute Gasteiger partial charge is 0.311 e. The monoisotopic (exact) mass is 291 g/mol. The molecule has 0 spiro atoms. The van der Waals surface area contributed by atoms with E-state index in [0.717, 1.165) is 22.2 Å². The summed E-state index contributed by atoms with van der Waals surface area (Å²) in [5.74, 6) is -0.246. The summed E-state index contributed by atoms with van der Waals surface area (Å²) < 4.78 is 4.89. The number of hydrogen-bond donors (Lipinski definition) is 1. The Labute approximate surface area is 122 Å². The molecule has 0 bridgehead atoms. The van der Waals surface area contributed by atoms with Gasteiger partial charge in [-0.2, -0.15) is 0 Å². The quantitative estimate of drug-likeness (QED) is 0.829. The van der Waals surface area contributed by atoms with Crippen LogP contribution in [0, 0.1) is 6.92 Å². The summed E-state index contributed by atoms with van der Waals surface area (Å²) in [5.41, 5.74) is 2.69. The zero-order chi connectivity index (χ0) is 14.4. The number of esters is 1. The van der Waals surface area contributed by atoms with Crippen LogP contribution in [0.25, 0.3) is 0 Å². The first-order valence-corrected chi connectivity index (χ1v) is 7.31. The molecule has 0 saturated carbocycles. The fraction of sp³-hybridized carbons (Fsp3) is 0.357. The van der Waals surface area contributed by atoms with Crippen molar-refractivity contribution in [2.75, 3.05) is 11.9 Å². The second-order valence-electron chi connectivity index (χ2n) is 4.25. The van der Waals surface area contributed by atoms with Crippen molar-refractivity contribution in [3.8, 4) is 0 Å². The molecular weight excluding hydrogens is 274 g/mol. The normalized spacial score (nSPS) is 10.3. The van der Waals surface area contributed by atoms with Crippen LogP contribution in [-0.2, 0) is 22.5 Å². The van der Waals surface area contributed by atoms with Crippen LogP contribution < -0.4 is 5.32 Å². The molecule has 0 unspecified atom stereocenters. The molecule has 2 aromatic rings. The molecule has 0 fully saturated rings. The molecule has 0 aliphatic rings. The maximum absolute atomic E-state index is 11.4. The molecular formula is C14H17N3O2S. The highest BCUT2D eigenvalue weighted by Gasteiger charge is 2.08. The van der Waals surface area contributed by atoms with Crippen LogP contribution in [0.5, 0.6) is 0 Å². The molecule has 20 heavy (non-hydrogen) atoms. The van der Waals surface area contributed by atoms with Gasteiger partial charge in [-0.15, -0.1) is 11.3 Å². The van der Waals surface area contributed by atoms with E-state index in [0.29, 0.717) is 13.2 Å². The van der Waals surface area contributed by atoms with E-state index in [2.05, 4.69) is 15.3 Å². The lowest BCUT2D eigenvalue weighted by Crippen LogP contribution is -2.08. The van der Waals surface area contributed by atoms with Gasteiger partial charge in [0.25, 0.3) is 0 Å². The van der Waals surface area contributed by atoms with Gasteiger partial charge in [0, 0.05) is 11.1 Å². The minimum atomic E-state index is -0.246. The average molecular weight is 291 g/mol. The summed E-state index contributed by atoms with van der Waals surface area (Å²) >= 11 is 1.48. The van der Waals surface area contributed by atoms with Crippen molar-refractivity contribution < 1.29 is 9.53 Å². The third kappa shape index (κ3) is 4.31. The first kappa shape index (κ1) is 14.5. The van der Waals surface area contributed by atoms with Crippen molar-refractivity contribution in [3.05, 3.63) is 40.7 Å². The van der Waals surface area contributed by atoms with Gasteiger partial charge in [-0.1, -0.05) is 6.07 Å². The number of ether oxygens (including phenoxy) is 1. The first-order valence-electron chi connectivity index (χ1n) is 6.44. The Morgan fingerprint density at radius 1 is 1.35 bits per heavy atom. The van der Waals surface area contributed by atoms with Crippen LogP contribution in [-0.4, -0.2) is 22.5 Å². The van der Waals surface area contributed by atoms with E-state index >= 15 is 0 Å². The highest BCUT2D eigenvalue weighted by molar-refractivity contribution is 7.13. The zero-order valence-electron chi connectivity index (χ0n) is 11.5. The number of aryl methyl sites for hydroxylation is 1. The molecule has 0 atom stereocenters. The lowest BCUT2D eigenvalue weighted by Gasteiger charge is -2.03. The summed E-state index contributed by atoms with van der Waals surface area (Å²) in [6, 6.07) is 5.91. The van der Waals surface area contributed by atoms with Gasteiger partial charge < -0.3 is 10.1 Å². The van der Waals surface area contributed by atoms with Crippen molar-refractivity contribution in [3.63, 3.8) is 0 Å². The fourth-order valence-electron chi connectivity index (χ4n) is 1.69. The van der Waals surface area contributed by atoms with Crippen molar-refractivity contribution in [2.45, 2.75) is 26.8 Å². The second-order valence-corrected chi connectivity index (χ2v) is 5.11. The minimum absolute atomic E-state index is 0.217. The largest absolute Gasteiger partial charge is 0.466 e. The highest BCUT2D eigenvalue weighted by atomic mass is 32.1. The van der Waals surface area contributed by atoms with E-state index < -0.39 is 0 Å². The molecule has 0 amide bonds. The summed E-state index contributed by atoms with van der Waals surface area (Å²) in [5, 5.41) is 5.86. The number of carbonyl (C=O) groups is 1. The van der Waals surface area contributed by atoms with Crippen LogP contribution in [0.4, 0.5) is 5.13 Å². The van der Waals surface area contributed by atoms with Gasteiger partial charge in [0.1, 0.15) is 0 Å². The Balaban J connectivity index is 1.88. The topological polar surface area (TPSA) is 64.1 Å². The SMILES string of the molecule is CCOC(=O)Cc1csc(NCc2cccc(C)n2)n1. The number of carbonyl (C=O) groups excluding carboxylic acids is 1. The molecule has 0 aliphatic heterocycles. The molecule has 6 heteroatoms. The molecule has 0 radical (unpaired) electrons. The van der Waals surface area contributed by atoms with Gasteiger partial charge in [0.05, 0.1) is 31.0 Å². The molecule has 2 heterocycles. The Morgan fingerprint density at radius 3 is 2.95 bits per heavy atom. The molecule has 2 rings (SSSR count). The summed E-state index contributed by atoms with van der Waals surface area (Å²) in [7, 11) is 0. The number of nitrogens with one attached hydrogen (secondary N) is 1. The Hall–Kier alpha value is -1.95. The van der Waals surface area contributed by atoms with E-state index in [4.69, 9.17) is 4.74 Å². The molecule has 106 valence electrons. The van der Waals surface area contributed by atoms with Crippen LogP contribution >= 0.6 is 11.3 Å². The number of thiazole rings is 1. The Morgan fingerprint density at radius 2 is 2.20 bits per heavy atom. The van der Waals surface area contributed by atoms with Crippen molar-refractivity contribution >= 4 is 22.4 Å². The van der Waals surface area contributed by atoms with Gasteiger partial charge in [0.15, 0.2) is 5.13 Å². The lowest BCUT2D eigenvalue weighted by molar-refractivity contribution is -0.142. The predicted molar refractivity (Wildman–Crippen MR) is 78.8 cm³/mol. The summed E-state index contributed by atoms with van der Waals surface area (Å²) in [6.45, 7) is 4.77. The van der Waals surface area contributed by atoms with Gasteiger partial charge >= 0.3 is 5.97 Å². The van der Waals surface area contributed by atoms with Crippen LogP contribution in [0.2, 0.25) is 0 Å². The maximum Gasteiger partial charge on any atom is 0.311 e. The van der Waals surface area contributed by atoms with Crippen LogP contribution in [0.3, 0.4) is 0 Å². The third-order valence-electron chi connectivity index (χ3n) is 2.55. The fourth-order valence-corrected chi connectivity index (χ4v) is 2.40. The van der Waals surface area contributed by atoms with E-state index in [1.54, 1.807) is 6.92 Å². The van der Waals surface area contributed by atoms with Gasteiger partial charge in [-0.05, 0) is 26.0 Å². The number of aromatic nitrogens is 2. The van der Waals surface area contributed by atoms with E-state index in [1.165, 1.54) is 11.3 Å². The Kier molecular flexibility index (Phi) is 5.06. The third-order valence-corrected chi connectivity index (χ3v) is 3.40. The predicted octanol–water partition coefficient (Wildman–Crippen LogP) is 2.56. The summed E-state index contributed by atoms with van der Waals surface area (Å²) in [4.78, 5) is 20.1. The lowest BCUT2D eigenvalue weighted by atomic mass is 10.3. The van der Waals surface area contributed by atoms with E-state index in [1.807, 2.05) is 30.5 Å². The number of anilines is 1.